The minimum atomic E-state index is -0.147. The SMILES string of the molecule is CC(C)=CCCC(C)=CCCC(C)=CCCC(C)=CCCC(C)=CCCC(C)=CCCC(C)=CCCC(C)=CCC[C@@]1(C)CCc2cc(O)c(C)c(C)c2O1. The molecule has 2 nitrogen and oxygen atoms in total. The first-order valence-corrected chi connectivity index (χ1v) is 21.8. The average molecular weight is 751 g/mol. The number of aromatic hydroxyl groups is 1. The Hall–Kier alpha value is -3.26. The Bertz CT molecular complexity index is 1590. The van der Waals surface area contributed by atoms with Crippen molar-refractivity contribution in [3.05, 3.63) is 116 Å². The predicted octanol–water partition coefficient (Wildman–Crippen LogP) is 16.9. The third-order valence-electron chi connectivity index (χ3n) is 11.6. The fourth-order valence-electron chi connectivity index (χ4n) is 7.35. The maximum absolute atomic E-state index is 10.2. The Morgan fingerprint density at radius 1 is 0.527 bits per heavy atom. The molecule has 1 aromatic carbocycles. The predicted molar refractivity (Wildman–Crippen MR) is 245 cm³/mol. The molecule has 55 heavy (non-hydrogen) atoms. The number of hydrogen-bond donors (Lipinski definition) is 1. The van der Waals surface area contributed by atoms with Crippen LogP contribution in [-0.4, -0.2) is 10.7 Å². The standard InChI is InChI=1S/C53H82O2/c1-40(2)21-13-22-41(3)23-14-24-42(4)25-15-26-43(5)27-16-28-44(6)29-17-30-45(7)31-18-32-46(8)33-19-34-47(9)35-20-37-53(12)38-36-50-39-51(54)48(10)49(11)52(50)55-53/h21,23,25,27,29,31,33,35,39,54H,13-20,22,24,26,28,30,32,34,36-38H2,1-12H3/t53-/m0/s1. The first-order valence-electron chi connectivity index (χ1n) is 21.8. The van der Waals surface area contributed by atoms with Crippen molar-refractivity contribution in [2.45, 2.75) is 204 Å². The van der Waals surface area contributed by atoms with Gasteiger partial charge in [0.25, 0.3) is 0 Å². The lowest BCUT2D eigenvalue weighted by Gasteiger charge is -2.37. The Morgan fingerprint density at radius 3 is 1.20 bits per heavy atom. The fourth-order valence-corrected chi connectivity index (χ4v) is 7.35. The van der Waals surface area contributed by atoms with Crippen molar-refractivity contribution < 1.29 is 9.84 Å². The van der Waals surface area contributed by atoms with E-state index in [4.69, 9.17) is 4.74 Å². The van der Waals surface area contributed by atoms with E-state index >= 15 is 0 Å². The van der Waals surface area contributed by atoms with E-state index < -0.39 is 0 Å². The molecule has 0 spiro atoms. The molecule has 0 unspecified atom stereocenters. The zero-order valence-corrected chi connectivity index (χ0v) is 37.8. The van der Waals surface area contributed by atoms with Crippen molar-refractivity contribution in [2.24, 2.45) is 0 Å². The molecule has 2 rings (SSSR count). The Balaban J connectivity index is 1.60. The molecule has 0 aromatic heterocycles. The quantitative estimate of drug-likeness (QED) is 0.107. The molecule has 0 bridgehead atoms. The number of phenols is 1. The number of ether oxygens (including phenoxy) is 1. The molecule has 0 radical (unpaired) electrons. The van der Waals surface area contributed by atoms with Gasteiger partial charge in [-0.1, -0.05) is 93.2 Å². The molecule has 0 aliphatic carbocycles. The molecule has 1 aliphatic heterocycles. The Labute approximate surface area is 340 Å². The van der Waals surface area contributed by atoms with Crippen LogP contribution < -0.4 is 4.74 Å². The van der Waals surface area contributed by atoms with Crippen molar-refractivity contribution >= 4 is 0 Å². The van der Waals surface area contributed by atoms with E-state index in [1.165, 1.54) is 76.7 Å². The zero-order chi connectivity index (χ0) is 40.8. The third-order valence-corrected chi connectivity index (χ3v) is 11.6. The van der Waals surface area contributed by atoms with Crippen LogP contribution in [-0.2, 0) is 6.42 Å². The van der Waals surface area contributed by atoms with Gasteiger partial charge in [0.15, 0.2) is 0 Å². The molecule has 306 valence electrons. The summed E-state index contributed by atoms with van der Waals surface area (Å²) >= 11 is 0. The van der Waals surface area contributed by atoms with Crippen LogP contribution in [0.2, 0.25) is 0 Å². The topological polar surface area (TPSA) is 29.5 Å². The summed E-state index contributed by atoms with van der Waals surface area (Å²) in [5.74, 6) is 1.38. The van der Waals surface area contributed by atoms with Crippen LogP contribution in [0.4, 0.5) is 0 Å². The van der Waals surface area contributed by atoms with Gasteiger partial charge in [0.1, 0.15) is 17.1 Å². The molecule has 0 fully saturated rings. The smallest absolute Gasteiger partial charge is 0.126 e. The highest BCUT2D eigenvalue weighted by molar-refractivity contribution is 5.53. The summed E-state index contributed by atoms with van der Waals surface area (Å²) in [5.41, 5.74) is 15.0. The number of rotatable bonds is 24. The summed E-state index contributed by atoms with van der Waals surface area (Å²) < 4.78 is 6.56. The first kappa shape index (κ1) is 47.9. The van der Waals surface area contributed by atoms with E-state index in [0.29, 0.717) is 5.75 Å². The highest BCUT2D eigenvalue weighted by atomic mass is 16.5. The normalized spacial score (nSPS) is 17.7. The second kappa shape index (κ2) is 25.8. The first-order chi connectivity index (χ1) is 26.1. The summed E-state index contributed by atoms with van der Waals surface area (Å²) in [6.45, 7) is 26.7. The van der Waals surface area contributed by atoms with Gasteiger partial charge in [-0.15, -0.1) is 0 Å². The molecular weight excluding hydrogens is 669 g/mol. The van der Waals surface area contributed by atoms with Gasteiger partial charge in [-0.05, 0) is 221 Å². The van der Waals surface area contributed by atoms with Gasteiger partial charge in [0.2, 0.25) is 0 Å². The summed E-state index contributed by atoms with van der Waals surface area (Å²) in [4.78, 5) is 0. The molecule has 0 saturated carbocycles. The number of phenolic OH excluding ortho intramolecular Hbond substituents is 1. The molecule has 1 aromatic rings. The minimum Gasteiger partial charge on any atom is -0.508 e. The molecule has 0 saturated heterocycles. The summed E-state index contributed by atoms with van der Waals surface area (Å²) in [6, 6.07) is 1.90. The van der Waals surface area contributed by atoms with Crippen molar-refractivity contribution in [1.29, 1.82) is 0 Å². The maximum Gasteiger partial charge on any atom is 0.126 e. The number of benzene rings is 1. The van der Waals surface area contributed by atoms with E-state index in [-0.39, 0.29) is 5.60 Å². The molecule has 2 heteroatoms. The van der Waals surface area contributed by atoms with Crippen LogP contribution >= 0.6 is 0 Å². The lowest BCUT2D eigenvalue weighted by molar-refractivity contribution is 0.0560. The largest absolute Gasteiger partial charge is 0.508 e. The zero-order valence-electron chi connectivity index (χ0n) is 37.8. The van der Waals surface area contributed by atoms with Crippen LogP contribution in [0.1, 0.15) is 195 Å². The van der Waals surface area contributed by atoms with Gasteiger partial charge in [-0.2, -0.15) is 0 Å². The minimum absolute atomic E-state index is 0.147. The van der Waals surface area contributed by atoms with E-state index in [0.717, 1.165) is 106 Å². The highest BCUT2D eigenvalue weighted by Crippen LogP contribution is 2.41. The van der Waals surface area contributed by atoms with Gasteiger partial charge in [0.05, 0.1) is 0 Å². The monoisotopic (exact) mass is 751 g/mol. The van der Waals surface area contributed by atoms with E-state index in [2.05, 4.69) is 125 Å². The summed E-state index contributed by atoms with van der Waals surface area (Å²) in [6.07, 6.45) is 39.7. The van der Waals surface area contributed by atoms with Crippen molar-refractivity contribution in [1.82, 2.24) is 0 Å². The lowest BCUT2D eigenvalue weighted by atomic mass is 9.87. The molecule has 1 N–H and O–H groups in total. The van der Waals surface area contributed by atoms with Crippen molar-refractivity contribution in [2.75, 3.05) is 0 Å². The van der Waals surface area contributed by atoms with Gasteiger partial charge in [-0.25, -0.2) is 0 Å². The second-order valence-electron chi connectivity index (χ2n) is 17.6. The molecule has 1 aliphatic rings. The van der Waals surface area contributed by atoms with E-state index in [1.807, 2.05) is 13.0 Å². The van der Waals surface area contributed by atoms with E-state index in [9.17, 15) is 5.11 Å². The van der Waals surface area contributed by atoms with Crippen LogP contribution in [0.15, 0.2) is 99.3 Å². The number of fused-ring (bicyclic) bond motifs is 1. The van der Waals surface area contributed by atoms with Gasteiger partial charge < -0.3 is 9.84 Å². The molecular formula is C53H82O2. The van der Waals surface area contributed by atoms with Gasteiger partial charge in [0, 0.05) is 0 Å². The van der Waals surface area contributed by atoms with E-state index in [1.54, 1.807) is 0 Å². The Kier molecular flexibility index (Phi) is 22.5. The van der Waals surface area contributed by atoms with Crippen LogP contribution in [0.5, 0.6) is 11.5 Å². The van der Waals surface area contributed by atoms with Crippen molar-refractivity contribution in [3.63, 3.8) is 0 Å². The van der Waals surface area contributed by atoms with Crippen LogP contribution in [0.3, 0.4) is 0 Å². The average Bonchev–Trinajstić information content (AvgIpc) is 3.11. The number of aryl methyl sites for hydroxylation is 1. The number of hydrogen-bond acceptors (Lipinski definition) is 2. The third kappa shape index (κ3) is 20.5. The number of allylic oxidation sites excluding steroid dienone is 16. The molecule has 0 amide bonds. The van der Waals surface area contributed by atoms with Crippen LogP contribution in [0, 0.1) is 13.8 Å². The lowest BCUT2D eigenvalue weighted by Crippen LogP contribution is -2.36. The Morgan fingerprint density at radius 2 is 0.855 bits per heavy atom. The van der Waals surface area contributed by atoms with Gasteiger partial charge >= 0.3 is 0 Å². The van der Waals surface area contributed by atoms with Gasteiger partial charge in [-0.3, -0.25) is 0 Å². The summed E-state index contributed by atoms with van der Waals surface area (Å²) in [7, 11) is 0. The maximum atomic E-state index is 10.2. The summed E-state index contributed by atoms with van der Waals surface area (Å²) in [5, 5.41) is 10.2. The highest BCUT2D eigenvalue weighted by Gasteiger charge is 2.32. The van der Waals surface area contributed by atoms with Crippen molar-refractivity contribution in [3.8, 4) is 11.5 Å². The fraction of sp³-hybridized carbons (Fsp3) is 0.585. The van der Waals surface area contributed by atoms with Crippen LogP contribution in [0.25, 0.3) is 0 Å². The molecule has 1 atom stereocenters. The second-order valence-corrected chi connectivity index (χ2v) is 17.6. The molecule has 1 heterocycles.